The number of unbranched alkanes of at least 4 members (excludes halogenated alkanes) is 5. The molecule has 2 N–H and O–H groups in total. The van der Waals surface area contributed by atoms with Gasteiger partial charge in [0, 0.05) is 11.8 Å². The van der Waals surface area contributed by atoms with Crippen LogP contribution >= 0.6 is 0 Å². The molecule has 0 spiro atoms. The van der Waals surface area contributed by atoms with Crippen LogP contribution in [0.5, 0.6) is 5.75 Å². The van der Waals surface area contributed by atoms with Gasteiger partial charge in [-0.3, -0.25) is 0 Å². The zero-order valence-corrected chi connectivity index (χ0v) is 12.6. The van der Waals surface area contributed by atoms with Crippen molar-refractivity contribution >= 4 is 5.69 Å². The first kappa shape index (κ1) is 15.9. The van der Waals surface area contributed by atoms with Gasteiger partial charge in [0.25, 0.3) is 0 Å². The van der Waals surface area contributed by atoms with E-state index in [2.05, 4.69) is 19.9 Å². The lowest BCUT2D eigenvalue weighted by atomic mass is 10.0. The molecule has 0 aliphatic carbocycles. The molecule has 0 radical (unpaired) electrons. The Morgan fingerprint density at radius 1 is 0.947 bits per heavy atom. The molecule has 2 nitrogen and oxygen atoms in total. The van der Waals surface area contributed by atoms with E-state index in [4.69, 9.17) is 10.5 Å². The van der Waals surface area contributed by atoms with Gasteiger partial charge in [-0.1, -0.05) is 52.0 Å². The molecule has 2 heteroatoms. The van der Waals surface area contributed by atoms with Crippen molar-refractivity contribution in [2.24, 2.45) is 0 Å². The number of benzene rings is 1. The average Bonchev–Trinajstić information content (AvgIpc) is 2.41. The van der Waals surface area contributed by atoms with Crippen LogP contribution in [0.4, 0.5) is 5.69 Å². The maximum absolute atomic E-state index is 6.09. The molecule has 0 atom stereocenters. The number of hydrogen-bond donors (Lipinski definition) is 1. The van der Waals surface area contributed by atoms with Gasteiger partial charge in [0.05, 0.1) is 6.61 Å². The summed E-state index contributed by atoms with van der Waals surface area (Å²) < 4.78 is 5.66. The van der Waals surface area contributed by atoms with Gasteiger partial charge < -0.3 is 10.5 Å². The summed E-state index contributed by atoms with van der Waals surface area (Å²) in [7, 11) is 0. The summed E-state index contributed by atoms with van der Waals surface area (Å²) in [5, 5.41) is 0. The van der Waals surface area contributed by atoms with Crippen molar-refractivity contribution in [1.82, 2.24) is 0 Å². The van der Waals surface area contributed by atoms with Crippen LogP contribution in [0.25, 0.3) is 0 Å². The highest BCUT2D eigenvalue weighted by atomic mass is 16.5. The van der Waals surface area contributed by atoms with Gasteiger partial charge in [-0.05, 0) is 30.9 Å². The third kappa shape index (κ3) is 6.51. The average molecular weight is 263 g/mol. The standard InChI is InChI=1S/C17H29NO/c1-3-5-7-8-9-10-15-11-12-16(14-17(15)18)19-13-6-4-2/h11-12,14H,3-10,13,18H2,1-2H3. The first-order valence-corrected chi connectivity index (χ1v) is 7.79. The first-order chi connectivity index (χ1) is 9.27. The summed E-state index contributed by atoms with van der Waals surface area (Å²) in [6, 6.07) is 6.14. The SMILES string of the molecule is CCCCCCCc1ccc(OCCCC)cc1N. The van der Waals surface area contributed by atoms with Crippen molar-refractivity contribution in [3.63, 3.8) is 0 Å². The molecule has 0 heterocycles. The Morgan fingerprint density at radius 2 is 1.68 bits per heavy atom. The van der Waals surface area contributed by atoms with E-state index < -0.39 is 0 Å². The van der Waals surface area contributed by atoms with E-state index in [9.17, 15) is 0 Å². The van der Waals surface area contributed by atoms with E-state index >= 15 is 0 Å². The quantitative estimate of drug-likeness (QED) is 0.478. The molecule has 19 heavy (non-hydrogen) atoms. The monoisotopic (exact) mass is 263 g/mol. The van der Waals surface area contributed by atoms with E-state index in [-0.39, 0.29) is 0 Å². The van der Waals surface area contributed by atoms with E-state index in [0.717, 1.165) is 37.3 Å². The molecule has 1 aromatic rings. The molecular weight excluding hydrogens is 234 g/mol. The van der Waals surface area contributed by atoms with Crippen LogP contribution in [-0.4, -0.2) is 6.61 Å². The Bertz CT molecular complexity index is 349. The molecule has 108 valence electrons. The van der Waals surface area contributed by atoms with Crippen molar-refractivity contribution in [1.29, 1.82) is 0 Å². The topological polar surface area (TPSA) is 35.2 Å². The Balaban J connectivity index is 2.34. The van der Waals surface area contributed by atoms with Crippen molar-refractivity contribution in [2.45, 2.75) is 65.2 Å². The van der Waals surface area contributed by atoms with Gasteiger partial charge in [-0.25, -0.2) is 0 Å². The Morgan fingerprint density at radius 3 is 2.37 bits per heavy atom. The minimum absolute atomic E-state index is 0.784. The van der Waals surface area contributed by atoms with E-state index in [1.165, 1.54) is 37.7 Å². The summed E-state index contributed by atoms with van der Waals surface area (Å²) in [5.41, 5.74) is 8.23. The minimum atomic E-state index is 0.784. The summed E-state index contributed by atoms with van der Waals surface area (Å²) in [5.74, 6) is 0.903. The lowest BCUT2D eigenvalue weighted by Gasteiger charge is -2.10. The summed E-state index contributed by atoms with van der Waals surface area (Å²) >= 11 is 0. The zero-order valence-electron chi connectivity index (χ0n) is 12.6. The van der Waals surface area contributed by atoms with Crippen LogP contribution in [0.2, 0.25) is 0 Å². The molecule has 0 aromatic heterocycles. The number of aryl methyl sites for hydroxylation is 1. The number of nitrogen functional groups attached to an aromatic ring is 1. The third-order valence-electron chi connectivity index (χ3n) is 3.43. The van der Waals surface area contributed by atoms with Crippen LogP contribution in [0, 0.1) is 0 Å². The van der Waals surface area contributed by atoms with Crippen LogP contribution in [0.1, 0.15) is 64.4 Å². The lowest BCUT2D eigenvalue weighted by Crippen LogP contribution is -1.99. The van der Waals surface area contributed by atoms with E-state index in [1.807, 2.05) is 12.1 Å². The molecule has 0 bridgehead atoms. The fourth-order valence-corrected chi connectivity index (χ4v) is 2.14. The molecule has 0 aliphatic heterocycles. The maximum atomic E-state index is 6.09. The van der Waals surface area contributed by atoms with E-state index in [1.54, 1.807) is 0 Å². The van der Waals surface area contributed by atoms with Crippen LogP contribution in [0.3, 0.4) is 0 Å². The minimum Gasteiger partial charge on any atom is -0.494 e. The smallest absolute Gasteiger partial charge is 0.121 e. The van der Waals surface area contributed by atoms with Crippen molar-refractivity contribution in [3.8, 4) is 5.75 Å². The molecule has 1 rings (SSSR count). The third-order valence-corrected chi connectivity index (χ3v) is 3.43. The van der Waals surface area contributed by atoms with Crippen LogP contribution < -0.4 is 10.5 Å². The molecule has 0 unspecified atom stereocenters. The Hall–Kier alpha value is -1.18. The van der Waals surface area contributed by atoms with Crippen molar-refractivity contribution in [3.05, 3.63) is 23.8 Å². The number of hydrogen-bond acceptors (Lipinski definition) is 2. The second kappa shape index (κ2) is 9.71. The van der Waals surface area contributed by atoms with Gasteiger partial charge in [-0.15, -0.1) is 0 Å². The molecule has 0 saturated carbocycles. The Labute approximate surface area is 118 Å². The van der Waals surface area contributed by atoms with Crippen molar-refractivity contribution in [2.75, 3.05) is 12.3 Å². The fourth-order valence-electron chi connectivity index (χ4n) is 2.14. The van der Waals surface area contributed by atoms with Gasteiger partial charge in [0.15, 0.2) is 0 Å². The van der Waals surface area contributed by atoms with Gasteiger partial charge in [-0.2, -0.15) is 0 Å². The van der Waals surface area contributed by atoms with E-state index in [0.29, 0.717) is 0 Å². The normalized spacial score (nSPS) is 10.6. The van der Waals surface area contributed by atoms with Crippen LogP contribution in [-0.2, 0) is 6.42 Å². The summed E-state index contributed by atoms with van der Waals surface area (Å²) in [6.45, 7) is 5.20. The predicted octanol–water partition coefficient (Wildman–Crippen LogP) is 4.96. The molecule has 0 aliphatic rings. The lowest BCUT2D eigenvalue weighted by molar-refractivity contribution is 0.309. The second-order valence-corrected chi connectivity index (χ2v) is 5.23. The van der Waals surface area contributed by atoms with Crippen molar-refractivity contribution < 1.29 is 4.74 Å². The molecule has 0 saturated heterocycles. The highest BCUT2D eigenvalue weighted by Crippen LogP contribution is 2.22. The second-order valence-electron chi connectivity index (χ2n) is 5.23. The molecule has 0 fully saturated rings. The van der Waals surface area contributed by atoms with Gasteiger partial charge in [0.1, 0.15) is 5.75 Å². The Kier molecular flexibility index (Phi) is 8.11. The van der Waals surface area contributed by atoms with Gasteiger partial charge in [0.2, 0.25) is 0 Å². The number of nitrogens with two attached hydrogens (primary N) is 1. The molecule has 0 amide bonds. The highest BCUT2D eigenvalue weighted by molar-refractivity contribution is 5.51. The highest BCUT2D eigenvalue weighted by Gasteiger charge is 2.02. The van der Waals surface area contributed by atoms with Crippen LogP contribution in [0.15, 0.2) is 18.2 Å². The predicted molar refractivity (Wildman–Crippen MR) is 83.7 cm³/mol. The number of anilines is 1. The zero-order chi connectivity index (χ0) is 13.9. The summed E-state index contributed by atoms with van der Waals surface area (Å²) in [6.07, 6.45) is 9.87. The largest absolute Gasteiger partial charge is 0.494 e. The number of rotatable bonds is 10. The molecule has 1 aromatic carbocycles. The molecular formula is C17H29NO. The summed E-state index contributed by atoms with van der Waals surface area (Å²) in [4.78, 5) is 0. The fraction of sp³-hybridized carbons (Fsp3) is 0.647. The first-order valence-electron chi connectivity index (χ1n) is 7.79. The van der Waals surface area contributed by atoms with Gasteiger partial charge >= 0.3 is 0 Å². The number of ether oxygens (including phenoxy) is 1. The maximum Gasteiger partial charge on any atom is 0.121 e.